The van der Waals surface area contributed by atoms with Gasteiger partial charge in [0.15, 0.2) is 0 Å². The predicted octanol–water partition coefficient (Wildman–Crippen LogP) is 0.745. The lowest BCUT2D eigenvalue weighted by Gasteiger charge is -2.19. The van der Waals surface area contributed by atoms with E-state index in [1.165, 1.54) is 0 Å². The van der Waals surface area contributed by atoms with E-state index >= 15 is 0 Å². The maximum atomic E-state index is 10.7. The van der Waals surface area contributed by atoms with Crippen molar-refractivity contribution in [3.05, 3.63) is 17.7 Å². The van der Waals surface area contributed by atoms with Crippen molar-refractivity contribution in [3.63, 3.8) is 0 Å². The monoisotopic (exact) mass is 195 g/mol. The fourth-order valence-corrected chi connectivity index (χ4v) is 1.46. The molecule has 0 radical (unpaired) electrons. The van der Waals surface area contributed by atoms with Crippen molar-refractivity contribution in [2.45, 2.75) is 32.6 Å². The van der Waals surface area contributed by atoms with Crippen molar-refractivity contribution < 1.29 is 4.79 Å². The first-order chi connectivity index (χ1) is 6.32. The van der Waals surface area contributed by atoms with Crippen molar-refractivity contribution in [1.82, 2.24) is 9.55 Å². The highest BCUT2D eigenvalue weighted by atomic mass is 16.1. The van der Waals surface area contributed by atoms with Gasteiger partial charge in [-0.15, -0.1) is 0 Å². The Morgan fingerprint density at radius 1 is 1.57 bits per heavy atom. The van der Waals surface area contributed by atoms with Crippen LogP contribution in [0.2, 0.25) is 0 Å². The van der Waals surface area contributed by atoms with Gasteiger partial charge in [0.1, 0.15) is 5.82 Å². The molecule has 0 aromatic carbocycles. The van der Waals surface area contributed by atoms with Gasteiger partial charge in [0.05, 0.1) is 6.42 Å². The molecule has 1 amide bonds. The first-order valence-electron chi connectivity index (χ1n) is 4.61. The molecular formula is C10H17N3O. The number of nitrogens with two attached hydrogens (primary N) is 1. The molecule has 0 unspecified atom stereocenters. The molecule has 0 spiro atoms. The number of hydrogen-bond donors (Lipinski definition) is 1. The van der Waals surface area contributed by atoms with Gasteiger partial charge in [0.25, 0.3) is 0 Å². The second-order valence-corrected chi connectivity index (χ2v) is 4.51. The van der Waals surface area contributed by atoms with E-state index in [4.69, 9.17) is 5.73 Å². The maximum absolute atomic E-state index is 10.7. The molecule has 0 aliphatic heterocycles. The van der Waals surface area contributed by atoms with Crippen LogP contribution >= 0.6 is 0 Å². The Morgan fingerprint density at radius 2 is 2.14 bits per heavy atom. The molecule has 0 saturated carbocycles. The summed E-state index contributed by atoms with van der Waals surface area (Å²) in [5, 5.41) is 0. The third-order valence-electron chi connectivity index (χ3n) is 2.19. The van der Waals surface area contributed by atoms with Crippen LogP contribution in [-0.4, -0.2) is 15.5 Å². The lowest BCUT2D eigenvalue weighted by Crippen LogP contribution is -2.20. The quantitative estimate of drug-likeness (QED) is 0.756. The highest BCUT2D eigenvalue weighted by Crippen LogP contribution is 2.22. The zero-order valence-electron chi connectivity index (χ0n) is 9.16. The van der Waals surface area contributed by atoms with Gasteiger partial charge in [-0.25, -0.2) is 4.98 Å². The van der Waals surface area contributed by atoms with Crippen molar-refractivity contribution in [3.8, 4) is 0 Å². The minimum atomic E-state index is -0.348. The van der Waals surface area contributed by atoms with E-state index in [1.807, 2.05) is 11.6 Å². The number of hydrogen-bond acceptors (Lipinski definition) is 2. The predicted molar refractivity (Wildman–Crippen MR) is 54.8 cm³/mol. The minimum Gasteiger partial charge on any atom is -0.369 e. The second kappa shape index (κ2) is 3.44. The van der Waals surface area contributed by atoms with Gasteiger partial charge in [-0.2, -0.15) is 0 Å². The molecular weight excluding hydrogens is 178 g/mol. The van der Waals surface area contributed by atoms with Crippen LogP contribution in [0.5, 0.6) is 0 Å². The minimum absolute atomic E-state index is 0.0393. The summed E-state index contributed by atoms with van der Waals surface area (Å²) in [5.41, 5.74) is 6.26. The Hall–Kier alpha value is -1.32. The smallest absolute Gasteiger partial charge is 0.225 e. The van der Waals surface area contributed by atoms with E-state index in [0.717, 1.165) is 11.5 Å². The van der Waals surface area contributed by atoms with E-state index in [-0.39, 0.29) is 17.7 Å². The Balaban J connectivity index is 3.03. The van der Waals surface area contributed by atoms with Gasteiger partial charge in [0.2, 0.25) is 5.91 Å². The Labute approximate surface area is 84.1 Å². The largest absolute Gasteiger partial charge is 0.369 e. The summed E-state index contributed by atoms with van der Waals surface area (Å²) >= 11 is 0. The van der Waals surface area contributed by atoms with Crippen LogP contribution in [-0.2, 0) is 23.7 Å². The van der Waals surface area contributed by atoms with Crippen molar-refractivity contribution in [2.24, 2.45) is 12.8 Å². The first kappa shape index (κ1) is 10.8. The van der Waals surface area contributed by atoms with E-state index < -0.39 is 0 Å². The molecule has 1 aromatic heterocycles. The van der Waals surface area contributed by atoms with Gasteiger partial charge in [-0.05, 0) is 0 Å². The summed E-state index contributed by atoms with van der Waals surface area (Å²) in [5.74, 6) is 0.376. The summed E-state index contributed by atoms with van der Waals surface area (Å²) in [4.78, 5) is 14.9. The average Bonchev–Trinajstić information content (AvgIpc) is 2.30. The fourth-order valence-electron chi connectivity index (χ4n) is 1.46. The van der Waals surface area contributed by atoms with Crippen molar-refractivity contribution in [2.75, 3.05) is 0 Å². The molecule has 4 heteroatoms. The molecule has 0 fully saturated rings. The number of primary amides is 1. The van der Waals surface area contributed by atoms with Crippen molar-refractivity contribution >= 4 is 5.91 Å². The zero-order valence-corrected chi connectivity index (χ0v) is 9.16. The summed E-state index contributed by atoms with van der Waals surface area (Å²) < 4.78 is 1.94. The van der Waals surface area contributed by atoms with Gasteiger partial charge >= 0.3 is 0 Å². The standard InChI is InChI=1S/C10H17N3O/c1-10(2,3)7-6-12-9(13(7)4)5-8(11)14/h6H,5H2,1-4H3,(H2,11,14). The first-order valence-corrected chi connectivity index (χ1v) is 4.61. The SMILES string of the molecule is Cn1c(C(C)(C)C)cnc1CC(N)=O. The molecule has 4 nitrogen and oxygen atoms in total. The number of rotatable bonds is 2. The van der Waals surface area contributed by atoms with Gasteiger partial charge in [0, 0.05) is 24.4 Å². The average molecular weight is 195 g/mol. The summed E-state index contributed by atoms with van der Waals surface area (Å²) in [7, 11) is 1.91. The third-order valence-corrected chi connectivity index (χ3v) is 2.19. The number of amides is 1. The Morgan fingerprint density at radius 3 is 2.50 bits per heavy atom. The van der Waals surface area contributed by atoms with Crippen LogP contribution in [0, 0.1) is 0 Å². The molecule has 0 aliphatic carbocycles. The lowest BCUT2D eigenvalue weighted by molar-refractivity contribution is -0.117. The van der Waals surface area contributed by atoms with Crippen LogP contribution in [0.1, 0.15) is 32.3 Å². The normalized spacial score (nSPS) is 11.7. The second-order valence-electron chi connectivity index (χ2n) is 4.51. The molecule has 0 saturated heterocycles. The topological polar surface area (TPSA) is 60.9 Å². The molecule has 0 atom stereocenters. The molecule has 14 heavy (non-hydrogen) atoms. The number of carbonyl (C=O) groups excluding carboxylic acids is 1. The summed E-state index contributed by atoms with van der Waals surface area (Å²) in [6, 6.07) is 0. The summed E-state index contributed by atoms with van der Waals surface area (Å²) in [6.45, 7) is 6.33. The zero-order chi connectivity index (χ0) is 10.9. The number of imidazole rings is 1. The van der Waals surface area contributed by atoms with E-state index in [9.17, 15) is 4.79 Å². The van der Waals surface area contributed by atoms with Crippen LogP contribution < -0.4 is 5.73 Å². The van der Waals surface area contributed by atoms with E-state index in [2.05, 4.69) is 25.8 Å². The summed E-state index contributed by atoms with van der Waals surface area (Å²) in [6.07, 6.45) is 2.00. The van der Waals surface area contributed by atoms with Crippen LogP contribution in [0.15, 0.2) is 6.20 Å². The van der Waals surface area contributed by atoms with E-state index in [1.54, 1.807) is 6.20 Å². The van der Waals surface area contributed by atoms with Gasteiger partial charge < -0.3 is 10.3 Å². The van der Waals surface area contributed by atoms with Crippen molar-refractivity contribution in [1.29, 1.82) is 0 Å². The number of carbonyl (C=O) groups is 1. The van der Waals surface area contributed by atoms with Gasteiger partial charge in [-0.3, -0.25) is 4.79 Å². The van der Waals surface area contributed by atoms with E-state index in [0.29, 0.717) is 0 Å². The van der Waals surface area contributed by atoms with Gasteiger partial charge in [-0.1, -0.05) is 20.8 Å². The number of aromatic nitrogens is 2. The van der Waals surface area contributed by atoms with Crippen LogP contribution in [0.4, 0.5) is 0 Å². The molecule has 1 heterocycles. The molecule has 1 aromatic rings. The molecule has 2 N–H and O–H groups in total. The fraction of sp³-hybridized carbons (Fsp3) is 0.600. The molecule has 0 aliphatic rings. The highest BCUT2D eigenvalue weighted by molar-refractivity contribution is 5.75. The highest BCUT2D eigenvalue weighted by Gasteiger charge is 2.19. The molecule has 1 rings (SSSR count). The van der Waals surface area contributed by atoms with Crippen LogP contribution in [0.3, 0.4) is 0 Å². The Bertz CT molecular complexity index is 347. The number of nitrogens with zero attached hydrogens (tertiary/aromatic N) is 2. The molecule has 0 bridgehead atoms. The third kappa shape index (κ3) is 2.13. The van der Waals surface area contributed by atoms with Crippen LogP contribution in [0.25, 0.3) is 0 Å². The molecule has 78 valence electrons. The lowest BCUT2D eigenvalue weighted by atomic mass is 9.93. The Kier molecular flexibility index (Phi) is 2.64. The maximum Gasteiger partial charge on any atom is 0.225 e.